The van der Waals surface area contributed by atoms with Crippen molar-refractivity contribution in [2.75, 3.05) is 26.7 Å². The number of thiophene rings is 1. The van der Waals surface area contributed by atoms with Gasteiger partial charge >= 0.3 is 0 Å². The van der Waals surface area contributed by atoms with Crippen LogP contribution in [0.3, 0.4) is 0 Å². The molecule has 1 N–H and O–H groups in total. The SMILES string of the molecule is Cc1sc(CNC(C)(C)C)cc1CN1CCN(C)C(C)C1. The molecule has 4 heteroatoms. The number of hydrogen-bond donors (Lipinski definition) is 1. The van der Waals surface area contributed by atoms with E-state index in [1.807, 2.05) is 11.3 Å². The molecule has 0 bridgehead atoms. The van der Waals surface area contributed by atoms with Gasteiger partial charge in [0, 0.05) is 54.1 Å². The Balaban J connectivity index is 1.93. The van der Waals surface area contributed by atoms with Crippen molar-refractivity contribution >= 4 is 11.3 Å². The number of hydrogen-bond acceptors (Lipinski definition) is 4. The lowest BCUT2D eigenvalue weighted by atomic mass is 10.1. The fraction of sp³-hybridized carbons (Fsp3) is 0.765. The van der Waals surface area contributed by atoms with E-state index >= 15 is 0 Å². The molecule has 1 atom stereocenters. The van der Waals surface area contributed by atoms with Gasteiger partial charge in [-0.15, -0.1) is 11.3 Å². The monoisotopic (exact) mass is 309 g/mol. The average molecular weight is 310 g/mol. The van der Waals surface area contributed by atoms with Crippen LogP contribution in [-0.2, 0) is 13.1 Å². The van der Waals surface area contributed by atoms with Crippen LogP contribution in [0.2, 0.25) is 0 Å². The van der Waals surface area contributed by atoms with Crippen molar-refractivity contribution in [2.45, 2.75) is 59.3 Å². The number of aryl methyl sites for hydroxylation is 1. The van der Waals surface area contributed by atoms with Crippen molar-refractivity contribution in [3.05, 3.63) is 21.4 Å². The highest BCUT2D eigenvalue weighted by Crippen LogP contribution is 2.24. The maximum atomic E-state index is 3.59. The van der Waals surface area contributed by atoms with E-state index in [2.05, 4.69) is 62.8 Å². The minimum atomic E-state index is 0.185. The molecule has 120 valence electrons. The minimum Gasteiger partial charge on any atom is -0.307 e. The van der Waals surface area contributed by atoms with Gasteiger partial charge in [0.25, 0.3) is 0 Å². The number of nitrogens with one attached hydrogen (secondary N) is 1. The number of rotatable bonds is 4. The van der Waals surface area contributed by atoms with Crippen molar-refractivity contribution in [1.29, 1.82) is 0 Å². The van der Waals surface area contributed by atoms with Crippen LogP contribution in [0, 0.1) is 6.92 Å². The third-order valence-corrected chi connectivity index (χ3v) is 5.40. The van der Waals surface area contributed by atoms with Gasteiger partial charge in [0.05, 0.1) is 0 Å². The molecule has 0 amide bonds. The summed E-state index contributed by atoms with van der Waals surface area (Å²) in [5.41, 5.74) is 1.70. The Morgan fingerprint density at radius 2 is 2.05 bits per heavy atom. The summed E-state index contributed by atoms with van der Waals surface area (Å²) in [6.07, 6.45) is 0. The molecule has 1 saturated heterocycles. The molecule has 1 fully saturated rings. The molecule has 0 spiro atoms. The van der Waals surface area contributed by atoms with Gasteiger partial charge in [-0.1, -0.05) is 0 Å². The van der Waals surface area contributed by atoms with Crippen molar-refractivity contribution in [1.82, 2.24) is 15.1 Å². The van der Waals surface area contributed by atoms with E-state index in [-0.39, 0.29) is 5.54 Å². The van der Waals surface area contributed by atoms with Gasteiger partial charge in [-0.3, -0.25) is 4.90 Å². The maximum Gasteiger partial charge on any atom is 0.0304 e. The fourth-order valence-electron chi connectivity index (χ4n) is 2.69. The number of likely N-dealkylation sites (N-methyl/N-ethyl adjacent to an activating group) is 1. The van der Waals surface area contributed by atoms with E-state index in [0.717, 1.165) is 13.1 Å². The van der Waals surface area contributed by atoms with Crippen LogP contribution in [0.1, 0.15) is 43.0 Å². The lowest BCUT2D eigenvalue weighted by Gasteiger charge is -2.37. The standard InChI is InChI=1S/C17H31N3S/c1-13-11-20(8-7-19(13)6)12-15-9-16(21-14(15)2)10-18-17(3,4)5/h9,13,18H,7-8,10-12H2,1-6H3. The van der Waals surface area contributed by atoms with Crippen LogP contribution in [0.5, 0.6) is 0 Å². The summed E-state index contributed by atoms with van der Waals surface area (Å²) in [6.45, 7) is 16.9. The van der Waals surface area contributed by atoms with Crippen molar-refractivity contribution in [3.8, 4) is 0 Å². The second-order valence-electron chi connectivity index (χ2n) is 7.46. The van der Waals surface area contributed by atoms with E-state index in [1.54, 1.807) is 0 Å². The minimum absolute atomic E-state index is 0.185. The number of piperazine rings is 1. The van der Waals surface area contributed by atoms with Crippen LogP contribution in [0.15, 0.2) is 6.07 Å². The van der Waals surface area contributed by atoms with Crippen LogP contribution < -0.4 is 5.32 Å². The molecule has 21 heavy (non-hydrogen) atoms. The molecule has 0 radical (unpaired) electrons. The predicted octanol–water partition coefficient (Wildman–Crippen LogP) is 3.08. The Morgan fingerprint density at radius 3 is 2.67 bits per heavy atom. The highest BCUT2D eigenvalue weighted by Gasteiger charge is 2.21. The highest BCUT2D eigenvalue weighted by atomic mass is 32.1. The Labute approximate surface area is 134 Å². The Morgan fingerprint density at radius 1 is 1.33 bits per heavy atom. The smallest absolute Gasteiger partial charge is 0.0304 e. The van der Waals surface area contributed by atoms with Gasteiger partial charge in [0.2, 0.25) is 0 Å². The maximum absolute atomic E-state index is 3.59. The van der Waals surface area contributed by atoms with Gasteiger partial charge in [-0.25, -0.2) is 0 Å². The topological polar surface area (TPSA) is 18.5 Å². The lowest BCUT2D eigenvalue weighted by Crippen LogP contribution is -2.49. The molecule has 1 aliphatic heterocycles. The first-order valence-electron chi connectivity index (χ1n) is 8.00. The highest BCUT2D eigenvalue weighted by molar-refractivity contribution is 7.12. The second-order valence-corrected chi connectivity index (χ2v) is 8.80. The molecule has 1 aromatic heterocycles. The summed E-state index contributed by atoms with van der Waals surface area (Å²) in [7, 11) is 2.23. The summed E-state index contributed by atoms with van der Waals surface area (Å²) >= 11 is 1.95. The Kier molecular flexibility index (Phi) is 5.47. The van der Waals surface area contributed by atoms with Gasteiger partial charge < -0.3 is 10.2 Å². The largest absolute Gasteiger partial charge is 0.307 e. The van der Waals surface area contributed by atoms with Crippen LogP contribution in [-0.4, -0.2) is 48.1 Å². The molecule has 1 aliphatic rings. The van der Waals surface area contributed by atoms with Crippen molar-refractivity contribution in [3.63, 3.8) is 0 Å². The lowest BCUT2D eigenvalue weighted by molar-refractivity contribution is 0.0999. The normalized spacial score (nSPS) is 21.9. The van der Waals surface area contributed by atoms with Crippen LogP contribution in [0.4, 0.5) is 0 Å². The zero-order chi connectivity index (χ0) is 15.6. The van der Waals surface area contributed by atoms with Gasteiger partial charge in [-0.2, -0.15) is 0 Å². The quantitative estimate of drug-likeness (QED) is 0.922. The average Bonchev–Trinajstić information content (AvgIpc) is 2.72. The van der Waals surface area contributed by atoms with Gasteiger partial charge in [-0.05, 0) is 53.3 Å². The fourth-order valence-corrected chi connectivity index (χ4v) is 3.69. The molecule has 1 aromatic rings. The van der Waals surface area contributed by atoms with Crippen LogP contribution >= 0.6 is 11.3 Å². The van der Waals surface area contributed by atoms with Gasteiger partial charge in [0.15, 0.2) is 0 Å². The molecular weight excluding hydrogens is 278 g/mol. The molecule has 1 unspecified atom stereocenters. The summed E-state index contributed by atoms with van der Waals surface area (Å²) in [4.78, 5) is 7.99. The molecule has 3 nitrogen and oxygen atoms in total. The van der Waals surface area contributed by atoms with E-state index < -0.39 is 0 Å². The van der Waals surface area contributed by atoms with E-state index in [4.69, 9.17) is 0 Å². The Bertz CT molecular complexity index is 461. The molecular formula is C17H31N3S. The molecule has 0 aromatic carbocycles. The van der Waals surface area contributed by atoms with E-state index in [0.29, 0.717) is 6.04 Å². The summed E-state index contributed by atoms with van der Waals surface area (Å²) < 4.78 is 0. The van der Waals surface area contributed by atoms with E-state index in [1.165, 1.54) is 35.0 Å². The molecule has 2 rings (SSSR count). The van der Waals surface area contributed by atoms with E-state index in [9.17, 15) is 0 Å². The molecule has 0 saturated carbocycles. The zero-order valence-corrected chi connectivity index (χ0v) is 15.3. The Hall–Kier alpha value is -0.420. The molecule has 0 aliphatic carbocycles. The summed E-state index contributed by atoms with van der Waals surface area (Å²) in [5, 5.41) is 3.59. The van der Waals surface area contributed by atoms with Crippen molar-refractivity contribution in [2.24, 2.45) is 0 Å². The zero-order valence-electron chi connectivity index (χ0n) is 14.5. The first-order chi connectivity index (χ1) is 9.74. The third kappa shape index (κ3) is 5.06. The predicted molar refractivity (Wildman–Crippen MR) is 93.0 cm³/mol. The summed E-state index contributed by atoms with van der Waals surface area (Å²) in [6, 6.07) is 3.07. The van der Waals surface area contributed by atoms with Gasteiger partial charge in [0.1, 0.15) is 0 Å². The first-order valence-corrected chi connectivity index (χ1v) is 8.82. The summed E-state index contributed by atoms with van der Waals surface area (Å²) in [5.74, 6) is 0. The first kappa shape index (κ1) is 16.9. The number of nitrogens with zero attached hydrogens (tertiary/aromatic N) is 2. The van der Waals surface area contributed by atoms with Crippen molar-refractivity contribution < 1.29 is 0 Å². The third-order valence-electron chi connectivity index (χ3n) is 4.30. The molecule has 2 heterocycles. The second kappa shape index (κ2) is 6.78. The van der Waals surface area contributed by atoms with Crippen LogP contribution in [0.25, 0.3) is 0 Å².